The third kappa shape index (κ3) is 4.92. The predicted molar refractivity (Wildman–Crippen MR) is 96.8 cm³/mol. The number of imidazole rings is 1. The molecule has 0 amide bonds. The van der Waals surface area contributed by atoms with E-state index in [0.717, 1.165) is 24.2 Å². The number of aryl methyl sites for hydroxylation is 2. The average Bonchev–Trinajstić information content (AvgIpc) is 3.09. The van der Waals surface area contributed by atoms with Crippen molar-refractivity contribution in [3.05, 3.63) is 78.1 Å². The minimum absolute atomic E-state index is 0.327. The van der Waals surface area contributed by atoms with Crippen LogP contribution in [0.25, 0.3) is 0 Å². The fourth-order valence-electron chi connectivity index (χ4n) is 2.44. The Labute approximate surface area is 152 Å². The van der Waals surface area contributed by atoms with Gasteiger partial charge in [-0.15, -0.1) is 0 Å². The lowest BCUT2D eigenvalue weighted by molar-refractivity contribution is 0.0500. The number of hydrogen-bond donors (Lipinski definition) is 0. The fraction of sp³-hybridized carbons (Fsp3) is 0.250. The Balaban J connectivity index is 1.42. The van der Waals surface area contributed by atoms with Crippen LogP contribution in [0.15, 0.2) is 61.2 Å². The number of esters is 1. The van der Waals surface area contributed by atoms with Gasteiger partial charge in [-0.05, 0) is 48.7 Å². The van der Waals surface area contributed by atoms with Crippen LogP contribution in [-0.4, -0.2) is 27.1 Å². The van der Waals surface area contributed by atoms with E-state index in [1.54, 1.807) is 36.7 Å². The normalized spacial score (nSPS) is 10.5. The number of benzene rings is 1. The van der Waals surface area contributed by atoms with Gasteiger partial charge in [0, 0.05) is 31.8 Å². The summed E-state index contributed by atoms with van der Waals surface area (Å²) in [4.78, 5) is 20.3. The fourth-order valence-corrected chi connectivity index (χ4v) is 2.44. The lowest BCUT2D eigenvalue weighted by Gasteiger charge is -2.08. The second-order valence-corrected chi connectivity index (χ2v) is 5.87. The van der Waals surface area contributed by atoms with E-state index in [9.17, 15) is 4.79 Å². The van der Waals surface area contributed by atoms with Crippen molar-refractivity contribution in [2.24, 2.45) is 7.05 Å². The van der Waals surface area contributed by atoms with Gasteiger partial charge >= 0.3 is 5.97 Å². The Bertz CT molecular complexity index is 829. The van der Waals surface area contributed by atoms with Crippen molar-refractivity contribution in [3.8, 4) is 5.75 Å². The van der Waals surface area contributed by atoms with Crippen LogP contribution in [0.1, 0.15) is 28.2 Å². The van der Waals surface area contributed by atoms with Gasteiger partial charge in [0.05, 0.1) is 12.2 Å². The van der Waals surface area contributed by atoms with Gasteiger partial charge in [0.25, 0.3) is 0 Å². The van der Waals surface area contributed by atoms with Crippen molar-refractivity contribution in [2.45, 2.75) is 19.4 Å². The standard InChI is InChI=1S/C20H21N3O3/c1-23-12-11-22-19(23)15-26-18-8-6-17(7-9-18)20(24)25-13-3-5-16-4-2-10-21-14-16/h2,4,6-12,14H,3,5,13,15H2,1H3. The van der Waals surface area contributed by atoms with Crippen molar-refractivity contribution in [1.29, 1.82) is 0 Å². The molecule has 0 spiro atoms. The second-order valence-electron chi connectivity index (χ2n) is 5.87. The third-order valence-electron chi connectivity index (χ3n) is 3.94. The number of hydrogen-bond acceptors (Lipinski definition) is 5. The number of carbonyl (C=O) groups is 1. The second kappa shape index (κ2) is 8.80. The van der Waals surface area contributed by atoms with E-state index in [2.05, 4.69) is 9.97 Å². The van der Waals surface area contributed by atoms with E-state index in [1.165, 1.54) is 0 Å². The Morgan fingerprint density at radius 3 is 2.69 bits per heavy atom. The quantitative estimate of drug-likeness (QED) is 0.461. The molecule has 0 aliphatic heterocycles. The molecule has 26 heavy (non-hydrogen) atoms. The van der Waals surface area contributed by atoms with Crippen LogP contribution in [0.3, 0.4) is 0 Å². The predicted octanol–water partition coefficient (Wildman–Crippen LogP) is 3.18. The van der Waals surface area contributed by atoms with E-state index < -0.39 is 0 Å². The lowest BCUT2D eigenvalue weighted by Crippen LogP contribution is -2.07. The molecular formula is C20H21N3O3. The largest absolute Gasteiger partial charge is 0.486 e. The summed E-state index contributed by atoms with van der Waals surface area (Å²) in [6, 6.07) is 10.8. The molecule has 0 bridgehead atoms. The molecule has 3 aromatic rings. The molecule has 134 valence electrons. The van der Waals surface area contributed by atoms with Crippen molar-refractivity contribution >= 4 is 5.97 Å². The van der Waals surface area contributed by atoms with Gasteiger partial charge in [0.2, 0.25) is 0 Å². The Morgan fingerprint density at radius 2 is 2.00 bits per heavy atom. The molecule has 2 heterocycles. The average molecular weight is 351 g/mol. The van der Waals surface area contributed by atoms with Gasteiger partial charge in [0.1, 0.15) is 18.2 Å². The van der Waals surface area contributed by atoms with Crippen LogP contribution in [0.2, 0.25) is 0 Å². The molecule has 0 fully saturated rings. The maximum absolute atomic E-state index is 12.1. The Hall–Kier alpha value is -3.15. The first-order valence-corrected chi connectivity index (χ1v) is 8.47. The Kier molecular flexibility index (Phi) is 5.98. The highest BCUT2D eigenvalue weighted by Crippen LogP contribution is 2.14. The maximum Gasteiger partial charge on any atom is 0.338 e. The molecule has 0 unspecified atom stereocenters. The first-order valence-electron chi connectivity index (χ1n) is 8.47. The molecule has 6 heteroatoms. The summed E-state index contributed by atoms with van der Waals surface area (Å²) in [6.45, 7) is 0.757. The van der Waals surface area contributed by atoms with Gasteiger partial charge < -0.3 is 14.0 Å². The highest BCUT2D eigenvalue weighted by molar-refractivity contribution is 5.89. The molecule has 3 rings (SSSR count). The van der Waals surface area contributed by atoms with Crippen LogP contribution in [0.4, 0.5) is 0 Å². The third-order valence-corrected chi connectivity index (χ3v) is 3.94. The van der Waals surface area contributed by atoms with Crippen molar-refractivity contribution in [3.63, 3.8) is 0 Å². The van der Waals surface area contributed by atoms with Crippen LogP contribution in [-0.2, 0) is 24.8 Å². The molecular weight excluding hydrogens is 330 g/mol. The van der Waals surface area contributed by atoms with E-state index in [-0.39, 0.29) is 5.97 Å². The molecule has 0 N–H and O–H groups in total. The zero-order chi connectivity index (χ0) is 18.2. The molecule has 2 aromatic heterocycles. The molecule has 6 nitrogen and oxygen atoms in total. The van der Waals surface area contributed by atoms with E-state index in [1.807, 2.05) is 36.1 Å². The van der Waals surface area contributed by atoms with Crippen LogP contribution in [0, 0.1) is 0 Å². The van der Waals surface area contributed by atoms with Gasteiger partial charge in [-0.25, -0.2) is 9.78 Å². The summed E-state index contributed by atoms with van der Waals surface area (Å²) in [5, 5.41) is 0. The zero-order valence-electron chi connectivity index (χ0n) is 14.7. The van der Waals surface area contributed by atoms with Gasteiger partial charge in [-0.1, -0.05) is 6.07 Å². The highest BCUT2D eigenvalue weighted by Gasteiger charge is 2.08. The van der Waals surface area contributed by atoms with Crippen molar-refractivity contribution in [1.82, 2.24) is 14.5 Å². The molecule has 0 saturated heterocycles. The van der Waals surface area contributed by atoms with Crippen LogP contribution < -0.4 is 4.74 Å². The van der Waals surface area contributed by atoms with E-state index in [0.29, 0.717) is 24.5 Å². The van der Waals surface area contributed by atoms with Gasteiger partial charge in [-0.2, -0.15) is 0 Å². The smallest absolute Gasteiger partial charge is 0.338 e. The molecule has 0 atom stereocenters. The first kappa shape index (κ1) is 17.7. The molecule has 1 aromatic carbocycles. The van der Waals surface area contributed by atoms with E-state index in [4.69, 9.17) is 9.47 Å². The molecule has 0 aliphatic rings. The topological polar surface area (TPSA) is 66.2 Å². The number of rotatable bonds is 8. The van der Waals surface area contributed by atoms with Crippen LogP contribution in [0.5, 0.6) is 5.75 Å². The highest BCUT2D eigenvalue weighted by atomic mass is 16.5. The minimum Gasteiger partial charge on any atom is -0.486 e. The number of ether oxygens (including phenoxy) is 2. The minimum atomic E-state index is -0.327. The summed E-state index contributed by atoms with van der Waals surface area (Å²) in [5.74, 6) is 1.19. The monoisotopic (exact) mass is 351 g/mol. The van der Waals surface area contributed by atoms with Crippen molar-refractivity contribution in [2.75, 3.05) is 6.61 Å². The summed E-state index contributed by atoms with van der Waals surface area (Å²) in [5.41, 5.74) is 1.65. The summed E-state index contributed by atoms with van der Waals surface area (Å²) >= 11 is 0. The number of carbonyl (C=O) groups excluding carboxylic acids is 1. The SMILES string of the molecule is Cn1ccnc1COc1ccc(C(=O)OCCCc2cccnc2)cc1. The number of aromatic nitrogens is 3. The molecule has 0 saturated carbocycles. The van der Waals surface area contributed by atoms with Gasteiger partial charge in [-0.3, -0.25) is 4.98 Å². The number of nitrogens with zero attached hydrogens (tertiary/aromatic N) is 3. The van der Waals surface area contributed by atoms with Crippen LogP contribution >= 0.6 is 0 Å². The maximum atomic E-state index is 12.1. The summed E-state index contributed by atoms with van der Waals surface area (Å²) in [6.07, 6.45) is 8.76. The molecule has 0 aliphatic carbocycles. The van der Waals surface area contributed by atoms with E-state index >= 15 is 0 Å². The summed E-state index contributed by atoms with van der Waals surface area (Å²) < 4.78 is 12.9. The summed E-state index contributed by atoms with van der Waals surface area (Å²) in [7, 11) is 1.92. The van der Waals surface area contributed by atoms with Gasteiger partial charge in [0.15, 0.2) is 0 Å². The lowest BCUT2D eigenvalue weighted by atomic mass is 10.2. The first-order chi connectivity index (χ1) is 12.7. The Morgan fingerprint density at radius 1 is 1.15 bits per heavy atom. The number of pyridine rings is 1. The molecule has 0 radical (unpaired) electrons. The van der Waals surface area contributed by atoms with Crippen molar-refractivity contribution < 1.29 is 14.3 Å². The zero-order valence-corrected chi connectivity index (χ0v) is 14.7.